The lowest BCUT2D eigenvalue weighted by atomic mass is 9.93. The molecule has 3 nitrogen and oxygen atoms in total. The Bertz CT molecular complexity index is 208. The van der Waals surface area contributed by atoms with Crippen LogP contribution < -0.4 is 0 Å². The van der Waals surface area contributed by atoms with Crippen LogP contribution in [0, 0.1) is 16.7 Å². The predicted molar refractivity (Wildman–Crippen MR) is 53.6 cm³/mol. The lowest BCUT2D eigenvalue weighted by molar-refractivity contribution is -0.136. The van der Waals surface area contributed by atoms with Crippen molar-refractivity contribution in [1.29, 1.82) is 5.26 Å². The molecule has 13 heavy (non-hydrogen) atoms. The Hall–Kier alpha value is -0.690. The number of nitrogens with zero attached hydrogens (tertiary/aromatic N) is 1. The third-order valence-electron chi connectivity index (χ3n) is 1.63. The van der Waals surface area contributed by atoms with E-state index in [4.69, 9.17) is 10.4 Å². The van der Waals surface area contributed by atoms with Crippen molar-refractivity contribution in [3.63, 3.8) is 0 Å². The molecule has 0 radical (unpaired) electrons. The fraction of sp³-hybridized carbons (Fsp3) is 0.778. The van der Waals surface area contributed by atoms with E-state index in [0.717, 1.165) is 12.2 Å². The lowest BCUT2D eigenvalue weighted by Gasteiger charge is -2.13. The molecule has 0 aliphatic heterocycles. The minimum absolute atomic E-state index is 0.206. The van der Waals surface area contributed by atoms with Gasteiger partial charge in [0.25, 0.3) is 0 Å². The van der Waals surface area contributed by atoms with Crippen molar-refractivity contribution in [2.24, 2.45) is 5.41 Å². The molecule has 4 heteroatoms. The highest BCUT2D eigenvalue weighted by molar-refractivity contribution is 7.99. The van der Waals surface area contributed by atoms with Crippen LogP contribution in [0.3, 0.4) is 0 Å². The standard InChI is InChI=1S/C9H15NO2S/c1-9(2,7-10)4-6-13-5-3-8(11)12/h3-6H2,1-2H3,(H,11,12). The maximum Gasteiger partial charge on any atom is 0.304 e. The molecule has 0 bridgehead atoms. The summed E-state index contributed by atoms with van der Waals surface area (Å²) in [5, 5.41) is 17.0. The van der Waals surface area contributed by atoms with Gasteiger partial charge in [-0.05, 0) is 26.0 Å². The molecule has 0 aromatic carbocycles. The number of rotatable bonds is 6. The maximum absolute atomic E-state index is 10.1. The summed E-state index contributed by atoms with van der Waals surface area (Å²) >= 11 is 1.59. The molecule has 0 heterocycles. The second-order valence-corrected chi connectivity index (χ2v) is 4.73. The molecule has 0 fully saturated rings. The van der Waals surface area contributed by atoms with E-state index in [-0.39, 0.29) is 11.8 Å². The van der Waals surface area contributed by atoms with Crippen LogP contribution in [0.25, 0.3) is 0 Å². The van der Waals surface area contributed by atoms with Crippen molar-refractivity contribution >= 4 is 17.7 Å². The van der Waals surface area contributed by atoms with Crippen molar-refractivity contribution in [3.8, 4) is 6.07 Å². The fourth-order valence-electron chi connectivity index (χ4n) is 0.645. The third-order valence-corrected chi connectivity index (χ3v) is 2.62. The lowest BCUT2D eigenvalue weighted by Crippen LogP contribution is -2.09. The van der Waals surface area contributed by atoms with Crippen LogP contribution in [0.2, 0.25) is 0 Å². The van der Waals surface area contributed by atoms with Gasteiger partial charge < -0.3 is 5.11 Å². The highest BCUT2D eigenvalue weighted by Crippen LogP contribution is 2.21. The molecule has 74 valence electrons. The largest absolute Gasteiger partial charge is 0.481 e. The van der Waals surface area contributed by atoms with Gasteiger partial charge in [0.05, 0.1) is 17.9 Å². The van der Waals surface area contributed by atoms with Crippen LogP contribution in [-0.4, -0.2) is 22.6 Å². The first-order valence-electron chi connectivity index (χ1n) is 4.19. The topological polar surface area (TPSA) is 61.1 Å². The van der Waals surface area contributed by atoms with Crippen LogP contribution in [-0.2, 0) is 4.79 Å². The summed E-state index contributed by atoms with van der Waals surface area (Å²) in [4.78, 5) is 10.1. The Morgan fingerprint density at radius 1 is 1.54 bits per heavy atom. The zero-order chi connectivity index (χ0) is 10.3. The van der Waals surface area contributed by atoms with Gasteiger partial charge in [0.1, 0.15) is 0 Å². The number of thioether (sulfide) groups is 1. The van der Waals surface area contributed by atoms with E-state index in [1.807, 2.05) is 13.8 Å². The maximum atomic E-state index is 10.1. The minimum Gasteiger partial charge on any atom is -0.481 e. The molecule has 0 unspecified atom stereocenters. The van der Waals surface area contributed by atoms with Gasteiger partial charge in [0.2, 0.25) is 0 Å². The molecule has 0 atom stereocenters. The second kappa shape index (κ2) is 5.87. The molecule has 0 spiro atoms. The minimum atomic E-state index is -0.757. The SMILES string of the molecule is CC(C)(C#N)CCSCCC(=O)O. The van der Waals surface area contributed by atoms with Crippen LogP contribution in [0.5, 0.6) is 0 Å². The zero-order valence-electron chi connectivity index (χ0n) is 8.04. The average molecular weight is 201 g/mol. The van der Waals surface area contributed by atoms with Gasteiger partial charge in [-0.1, -0.05) is 0 Å². The molecular weight excluding hydrogens is 186 g/mol. The first kappa shape index (κ1) is 12.3. The number of carboxylic acids is 1. The smallest absolute Gasteiger partial charge is 0.304 e. The van der Waals surface area contributed by atoms with E-state index in [0.29, 0.717) is 5.75 Å². The summed E-state index contributed by atoms with van der Waals surface area (Å²) < 4.78 is 0. The number of hydrogen-bond donors (Lipinski definition) is 1. The Morgan fingerprint density at radius 3 is 2.62 bits per heavy atom. The molecule has 0 aromatic rings. The van der Waals surface area contributed by atoms with Crippen molar-refractivity contribution in [2.45, 2.75) is 26.7 Å². The van der Waals surface area contributed by atoms with Gasteiger partial charge in [0.15, 0.2) is 0 Å². The van der Waals surface area contributed by atoms with Crippen molar-refractivity contribution in [3.05, 3.63) is 0 Å². The number of carboxylic acid groups (broad SMARTS) is 1. The normalized spacial score (nSPS) is 10.8. The third kappa shape index (κ3) is 7.66. The Balaban J connectivity index is 3.37. The van der Waals surface area contributed by atoms with Gasteiger partial charge in [-0.15, -0.1) is 0 Å². The highest BCUT2D eigenvalue weighted by atomic mass is 32.2. The van der Waals surface area contributed by atoms with Gasteiger partial charge in [0, 0.05) is 5.75 Å². The summed E-state index contributed by atoms with van der Waals surface area (Å²) in [6, 6.07) is 2.21. The van der Waals surface area contributed by atoms with Crippen molar-refractivity contribution in [2.75, 3.05) is 11.5 Å². The number of aliphatic carboxylic acids is 1. The summed E-state index contributed by atoms with van der Waals surface area (Å²) in [5.74, 6) is 0.733. The van der Waals surface area contributed by atoms with Crippen LogP contribution in [0.15, 0.2) is 0 Å². The van der Waals surface area contributed by atoms with E-state index < -0.39 is 5.97 Å². The predicted octanol–water partition coefficient (Wildman–Crippen LogP) is 2.13. The van der Waals surface area contributed by atoms with Crippen LogP contribution >= 0.6 is 11.8 Å². The van der Waals surface area contributed by atoms with Gasteiger partial charge in [-0.25, -0.2) is 0 Å². The van der Waals surface area contributed by atoms with Gasteiger partial charge in [-0.3, -0.25) is 4.79 Å². The average Bonchev–Trinajstić information content (AvgIpc) is 2.03. The van der Waals surface area contributed by atoms with E-state index >= 15 is 0 Å². The zero-order valence-corrected chi connectivity index (χ0v) is 8.86. The monoisotopic (exact) mass is 201 g/mol. The summed E-state index contributed by atoms with van der Waals surface area (Å²) in [5.41, 5.74) is -0.282. The molecule has 0 aliphatic rings. The molecule has 0 saturated carbocycles. The van der Waals surface area contributed by atoms with Crippen LogP contribution in [0.4, 0.5) is 0 Å². The van der Waals surface area contributed by atoms with E-state index in [9.17, 15) is 4.79 Å². The molecule has 0 rings (SSSR count). The fourth-order valence-corrected chi connectivity index (χ4v) is 1.82. The van der Waals surface area contributed by atoms with Crippen LogP contribution in [0.1, 0.15) is 26.7 Å². The van der Waals surface area contributed by atoms with E-state index in [1.165, 1.54) is 0 Å². The Kier molecular flexibility index (Phi) is 5.56. The molecular formula is C9H15NO2S. The molecule has 1 N–H and O–H groups in total. The Morgan fingerprint density at radius 2 is 2.15 bits per heavy atom. The first-order valence-corrected chi connectivity index (χ1v) is 5.34. The van der Waals surface area contributed by atoms with Crippen molar-refractivity contribution in [1.82, 2.24) is 0 Å². The molecule has 0 aromatic heterocycles. The number of hydrogen-bond acceptors (Lipinski definition) is 3. The second-order valence-electron chi connectivity index (χ2n) is 3.50. The number of nitriles is 1. The molecule has 0 amide bonds. The van der Waals surface area contributed by atoms with Crippen molar-refractivity contribution < 1.29 is 9.90 Å². The van der Waals surface area contributed by atoms with E-state index in [2.05, 4.69) is 6.07 Å². The summed E-state index contributed by atoms with van der Waals surface area (Å²) in [6.45, 7) is 3.79. The Labute approximate surface area is 83.1 Å². The molecule has 0 aliphatic carbocycles. The quantitative estimate of drug-likeness (QED) is 0.669. The first-order chi connectivity index (χ1) is 5.98. The summed E-state index contributed by atoms with van der Waals surface area (Å²) in [7, 11) is 0. The van der Waals surface area contributed by atoms with E-state index in [1.54, 1.807) is 11.8 Å². The van der Waals surface area contributed by atoms with Gasteiger partial charge >= 0.3 is 5.97 Å². The number of carbonyl (C=O) groups is 1. The summed E-state index contributed by atoms with van der Waals surface area (Å²) in [6.07, 6.45) is 1.02. The highest BCUT2D eigenvalue weighted by Gasteiger charge is 2.15. The van der Waals surface area contributed by atoms with Gasteiger partial charge in [-0.2, -0.15) is 17.0 Å². The molecule has 0 saturated heterocycles.